The van der Waals surface area contributed by atoms with Crippen LogP contribution in [0.2, 0.25) is 0 Å². The van der Waals surface area contributed by atoms with Gasteiger partial charge in [-0.1, -0.05) is 13.3 Å². The van der Waals surface area contributed by atoms with Gasteiger partial charge >= 0.3 is 0 Å². The van der Waals surface area contributed by atoms with Gasteiger partial charge in [0.15, 0.2) is 0 Å². The summed E-state index contributed by atoms with van der Waals surface area (Å²) in [6.07, 6.45) is 4.07. The Bertz CT molecular complexity index is 203. The first kappa shape index (κ1) is 12.5. The predicted molar refractivity (Wildman–Crippen MR) is 59.5 cm³/mol. The third-order valence-electron chi connectivity index (χ3n) is 2.71. The van der Waals surface area contributed by atoms with E-state index in [-0.39, 0.29) is 30.7 Å². The van der Waals surface area contributed by atoms with Crippen LogP contribution in [0.3, 0.4) is 0 Å². The summed E-state index contributed by atoms with van der Waals surface area (Å²) in [6, 6.07) is 0.520. The maximum atomic E-state index is 11.4. The number of rotatable bonds is 6. The van der Waals surface area contributed by atoms with E-state index in [1.807, 2.05) is 6.92 Å². The molecule has 0 aromatic heterocycles. The standard InChI is InChI=1S/C11H22N2O2/c1-3-4-8(2)13-11(14)7-15-10-5-9(12)6-10/h8-10H,3-7,12H2,1-2H3,(H,13,14). The van der Waals surface area contributed by atoms with Crippen molar-refractivity contribution in [2.24, 2.45) is 5.73 Å². The summed E-state index contributed by atoms with van der Waals surface area (Å²) in [7, 11) is 0. The Labute approximate surface area is 91.5 Å². The van der Waals surface area contributed by atoms with E-state index in [1.54, 1.807) is 0 Å². The van der Waals surface area contributed by atoms with Crippen molar-refractivity contribution >= 4 is 5.91 Å². The van der Waals surface area contributed by atoms with Crippen molar-refractivity contribution in [3.8, 4) is 0 Å². The summed E-state index contributed by atoms with van der Waals surface area (Å²) in [6.45, 7) is 4.29. The van der Waals surface area contributed by atoms with E-state index < -0.39 is 0 Å². The molecule has 0 spiro atoms. The minimum Gasteiger partial charge on any atom is -0.368 e. The van der Waals surface area contributed by atoms with E-state index in [4.69, 9.17) is 10.5 Å². The lowest BCUT2D eigenvalue weighted by Gasteiger charge is -2.32. The molecule has 88 valence electrons. The molecule has 1 atom stereocenters. The molecule has 4 heteroatoms. The molecule has 4 nitrogen and oxygen atoms in total. The first-order valence-corrected chi connectivity index (χ1v) is 5.78. The van der Waals surface area contributed by atoms with Crippen molar-refractivity contribution in [2.45, 2.75) is 57.7 Å². The second kappa shape index (κ2) is 6.08. The van der Waals surface area contributed by atoms with Crippen LogP contribution in [-0.4, -0.2) is 30.7 Å². The van der Waals surface area contributed by atoms with Gasteiger partial charge in [-0.2, -0.15) is 0 Å². The highest BCUT2D eigenvalue weighted by Crippen LogP contribution is 2.20. The molecule has 1 rings (SSSR count). The average Bonchev–Trinajstić information content (AvgIpc) is 2.11. The highest BCUT2D eigenvalue weighted by molar-refractivity contribution is 5.77. The third-order valence-corrected chi connectivity index (χ3v) is 2.71. The van der Waals surface area contributed by atoms with E-state index in [0.717, 1.165) is 25.7 Å². The first-order valence-electron chi connectivity index (χ1n) is 5.78. The van der Waals surface area contributed by atoms with E-state index in [1.165, 1.54) is 0 Å². The van der Waals surface area contributed by atoms with E-state index in [9.17, 15) is 4.79 Å². The number of amides is 1. The summed E-state index contributed by atoms with van der Waals surface area (Å²) in [4.78, 5) is 11.4. The first-order chi connectivity index (χ1) is 7.11. The number of carbonyl (C=O) groups excluding carboxylic acids is 1. The van der Waals surface area contributed by atoms with Crippen LogP contribution in [0.5, 0.6) is 0 Å². The number of hydrogen-bond donors (Lipinski definition) is 2. The fraction of sp³-hybridized carbons (Fsp3) is 0.909. The Morgan fingerprint density at radius 1 is 1.60 bits per heavy atom. The predicted octanol–water partition coefficient (Wildman–Crippen LogP) is 0.797. The molecule has 0 bridgehead atoms. The molecule has 1 unspecified atom stereocenters. The van der Waals surface area contributed by atoms with Crippen LogP contribution in [0.4, 0.5) is 0 Å². The second-order valence-corrected chi connectivity index (χ2v) is 4.42. The lowest BCUT2D eigenvalue weighted by Crippen LogP contribution is -2.44. The van der Waals surface area contributed by atoms with Gasteiger partial charge < -0.3 is 15.8 Å². The van der Waals surface area contributed by atoms with Gasteiger partial charge in [-0.3, -0.25) is 4.79 Å². The van der Waals surface area contributed by atoms with E-state index in [2.05, 4.69) is 12.2 Å². The molecule has 15 heavy (non-hydrogen) atoms. The zero-order valence-corrected chi connectivity index (χ0v) is 9.66. The molecule has 1 aliphatic carbocycles. The lowest BCUT2D eigenvalue weighted by atomic mass is 9.90. The van der Waals surface area contributed by atoms with Crippen molar-refractivity contribution in [1.29, 1.82) is 0 Å². The van der Waals surface area contributed by atoms with Crippen molar-refractivity contribution in [3.05, 3.63) is 0 Å². The molecule has 0 saturated heterocycles. The smallest absolute Gasteiger partial charge is 0.246 e. The van der Waals surface area contributed by atoms with Gasteiger partial charge in [0.2, 0.25) is 5.91 Å². The maximum absolute atomic E-state index is 11.4. The Balaban J connectivity index is 2.03. The minimum atomic E-state index is -0.0172. The molecular weight excluding hydrogens is 192 g/mol. The van der Waals surface area contributed by atoms with Crippen LogP contribution < -0.4 is 11.1 Å². The molecule has 1 saturated carbocycles. The van der Waals surface area contributed by atoms with Gasteiger partial charge in [-0.25, -0.2) is 0 Å². The van der Waals surface area contributed by atoms with Gasteiger partial charge in [0.1, 0.15) is 6.61 Å². The molecule has 3 N–H and O–H groups in total. The fourth-order valence-electron chi connectivity index (χ4n) is 1.76. The largest absolute Gasteiger partial charge is 0.368 e. The highest BCUT2D eigenvalue weighted by Gasteiger charge is 2.27. The van der Waals surface area contributed by atoms with Crippen LogP contribution in [0, 0.1) is 0 Å². The quantitative estimate of drug-likeness (QED) is 0.687. The molecule has 0 heterocycles. The van der Waals surface area contributed by atoms with Crippen LogP contribution in [0.25, 0.3) is 0 Å². The van der Waals surface area contributed by atoms with Gasteiger partial charge in [0.05, 0.1) is 6.10 Å². The Morgan fingerprint density at radius 2 is 2.27 bits per heavy atom. The number of nitrogens with two attached hydrogens (primary N) is 1. The molecule has 0 aromatic carbocycles. The number of hydrogen-bond acceptors (Lipinski definition) is 3. The maximum Gasteiger partial charge on any atom is 0.246 e. The van der Waals surface area contributed by atoms with Gasteiger partial charge in [0, 0.05) is 12.1 Å². The SMILES string of the molecule is CCCC(C)NC(=O)COC1CC(N)C1. The van der Waals surface area contributed by atoms with Crippen LogP contribution in [0.15, 0.2) is 0 Å². The monoisotopic (exact) mass is 214 g/mol. The molecule has 1 amide bonds. The van der Waals surface area contributed by atoms with Gasteiger partial charge in [-0.05, 0) is 26.2 Å². The van der Waals surface area contributed by atoms with Gasteiger partial charge in [0.25, 0.3) is 0 Å². The molecular formula is C11H22N2O2. The minimum absolute atomic E-state index is 0.0172. The third kappa shape index (κ3) is 4.62. The van der Waals surface area contributed by atoms with Crippen molar-refractivity contribution in [2.75, 3.05) is 6.61 Å². The molecule has 0 aliphatic heterocycles. The van der Waals surface area contributed by atoms with E-state index >= 15 is 0 Å². The second-order valence-electron chi connectivity index (χ2n) is 4.42. The zero-order chi connectivity index (χ0) is 11.3. The number of ether oxygens (including phenoxy) is 1. The molecule has 0 aromatic rings. The van der Waals surface area contributed by atoms with E-state index in [0.29, 0.717) is 0 Å². The normalized spacial score (nSPS) is 26.9. The Morgan fingerprint density at radius 3 is 2.80 bits per heavy atom. The molecule has 0 radical (unpaired) electrons. The molecule has 1 aliphatic rings. The van der Waals surface area contributed by atoms with Crippen LogP contribution >= 0.6 is 0 Å². The van der Waals surface area contributed by atoms with Crippen LogP contribution in [0.1, 0.15) is 39.5 Å². The zero-order valence-electron chi connectivity index (χ0n) is 9.66. The lowest BCUT2D eigenvalue weighted by molar-refractivity contribution is -0.130. The Kier molecular flexibility index (Phi) is 5.05. The van der Waals surface area contributed by atoms with Crippen LogP contribution in [-0.2, 0) is 9.53 Å². The Hall–Kier alpha value is -0.610. The van der Waals surface area contributed by atoms with Crippen molar-refractivity contribution in [3.63, 3.8) is 0 Å². The fourth-order valence-corrected chi connectivity index (χ4v) is 1.76. The summed E-state index contributed by atoms with van der Waals surface area (Å²) in [5, 5.41) is 2.90. The number of nitrogens with one attached hydrogen (secondary N) is 1. The van der Waals surface area contributed by atoms with Gasteiger partial charge in [-0.15, -0.1) is 0 Å². The van der Waals surface area contributed by atoms with Crippen molar-refractivity contribution < 1.29 is 9.53 Å². The summed E-state index contributed by atoms with van der Waals surface area (Å²) in [5.41, 5.74) is 5.61. The average molecular weight is 214 g/mol. The molecule has 1 fully saturated rings. The summed E-state index contributed by atoms with van der Waals surface area (Å²) < 4.78 is 5.40. The highest BCUT2D eigenvalue weighted by atomic mass is 16.5. The number of carbonyl (C=O) groups is 1. The topological polar surface area (TPSA) is 64.3 Å². The van der Waals surface area contributed by atoms with Crippen molar-refractivity contribution in [1.82, 2.24) is 5.32 Å². The summed E-state index contributed by atoms with van der Waals surface area (Å²) >= 11 is 0. The summed E-state index contributed by atoms with van der Waals surface area (Å²) in [5.74, 6) is -0.0172.